The molecule has 45 heavy (non-hydrogen) atoms. The normalized spacial score (nSPS) is 14.5. The topological polar surface area (TPSA) is 104 Å². The summed E-state index contributed by atoms with van der Waals surface area (Å²) in [4.78, 5) is 35.3. The van der Waals surface area contributed by atoms with Crippen LogP contribution < -0.4 is 10.6 Å². The quantitative estimate of drug-likeness (QED) is 0.248. The van der Waals surface area contributed by atoms with Crippen LogP contribution in [0.15, 0.2) is 67.3 Å². The van der Waals surface area contributed by atoms with E-state index in [1.54, 1.807) is 53.6 Å². The molecule has 232 valence electrons. The van der Waals surface area contributed by atoms with Crippen LogP contribution >= 0.6 is 0 Å². The van der Waals surface area contributed by atoms with Crippen LogP contribution in [-0.4, -0.2) is 73.4 Å². The first-order chi connectivity index (χ1) is 21.5. The van der Waals surface area contributed by atoms with E-state index in [-0.39, 0.29) is 23.4 Å². The molecule has 2 N–H and O–H groups in total. The van der Waals surface area contributed by atoms with E-state index in [4.69, 9.17) is 4.98 Å². The molecule has 10 nitrogen and oxygen atoms in total. The molecule has 0 unspecified atom stereocenters. The molecule has 13 heteroatoms. The van der Waals surface area contributed by atoms with E-state index in [1.165, 1.54) is 12.1 Å². The van der Waals surface area contributed by atoms with Gasteiger partial charge in [0.1, 0.15) is 0 Å². The molecular weight excluding hydrogens is 583 g/mol. The van der Waals surface area contributed by atoms with Crippen molar-refractivity contribution in [1.29, 1.82) is 0 Å². The number of hydrogen-bond acceptors (Lipinski definition) is 8. The number of nitrogens with zero attached hydrogens (tertiary/aromatic N) is 7. The fourth-order valence-corrected chi connectivity index (χ4v) is 5.26. The molecule has 2 aromatic carbocycles. The zero-order chi connectivity index (χ0) is 31.7. The molecule has 0 radical (unpaired) electrons. The predicted molar refractivity (Wildman–Crippen MR) is 166 cm³/mol. The highest BCUT2D eigenvalue weighted by Crippen LogP contribution is 2.35. The number of aromatic nitrogens is 5. The molecule has 0 spiro atoms. The Kier molecular flexibility index (Phi) is 8.21. The molecule has 1 aliphatic rings. The number of halogens is 3. The van der Waals surface area contributed by atoms with Crippen molar-refractivity contribution in [2.45, 2.75) is 19.6 Å². The number of alkyl halides is 3. The summed E-state index contributed by atoms with van der Waals surface area (Å²) in [5.74, 6) is 0.374. The third-order valence-electron chi connectivity index (χ3n) is 7.91. The molecule has 1 saturated heterocycles. The zero-order valence-electron chi connectivity index (χ0n) is 25.1. The van der Waals surface area contributed by atoms with E-state index in [0.717, 1.165) is 30.3 Å². The molecule has 1 fully saturated rings. The highest BCUT2D eigenvalue weighted by molar-refractivity contribution is 6.05. The van der Waals surface area contributed by atoms with Crippen molar-refractivity contribution in [3.63, 3.8) is 0 Å². The van der Waals surface area contributed by atoms with Gasteiger partial charge >= 0.3 is 6.18 Å². The molecule has 0 bridgehead atoms. The summed E-state index contributed by atoms with van der Waals surface area (Å²) in [5.41, 5.74) is 3.11. The Hall–Kier alpha value is -4.88. The fourth-order valence-electron chi connectivity index (χ4n) is 5.26. The Balaban J connectivity index is 1.25. The van der Waals surface area contributed by atoms with Gasteiger partial charge < -0.3 is 20.1 Å². The van der Waals surface area contributed by atoms with Gasteiger partial charge in [-0.15, -0.1) is 0 Å². The zero-order valence-corrected chi connectivity index (χ0v) is 25.1. The van der Waals surface area contributed by atoms with Gasteiger partial charge in [-0.1, -0.05) is 12.1 Å². The Morgan fingerprint density at radius 3 is 2.44 bits per heavy atom. The summed E-state index contributed by atoms with van der Waals surface area (Å²) in [6, 6.07) is 12.6. The van der Waals surface area contributed by atoms with Gasteiger partial charge in [-0.25, -0.2) is 15.0 Å². The number of carbonyl (C=O) groups excluding carboxylic acids is 1. The molecule has 4 heterocycles. The molecule has 0 atom stereocenters. The Morgan fingerprint density at radius 1 is 0.956 bits per heavy atom. The van der Waals surface area contributed by atoms with Crippen molar-refractivity contribution in [1.82, 2.24) is 34.3 Å². The van der Waals surface area contributed by atoms with E-state index >= 15 is 0 Å². The second kappa shape index (κ2) is 12.3. The van der Waals surface area contributed by atoms with Gasteiger partial charge in [0.2, 0.25) is 0 Å². The van der Waals surface area contributed by atoms with Crippen LogP contribution in [-0.2, 0) is 19.8 Å². The molecule has 6 rings (SSSR count). The highest BCUT2D eigenvalue weighted by Gasteiger charge is 2.34. The Bertz CT molecular complexity index is 1850. The average Bonchev–Trinajstić information content (AvgIpc) is 3.40. The summed E-state index contributed by atoms with van der Waals surface area (Å²) >= 11 is 0. The van der Waals surface area contributed by atoms with Crippen molar-refractivity contribution in [3.8, 4) is 11.4 Å². The van der Waals surface area contributed by atoms with Crippen LogP contribution in [0.3, 0.4) is 0 Å². The van der Waals surface area contributed by atoms with E-state index in [2.05, 4.69) is 30.5 Å². The van der Waals surface area contributed by atoms with E-state index in [0.29, 0.717) is 41.6 Å². The second-order valence-corrected chi connectivity index (χ2v) is 11.2. The number of anilines is 3. The van der Waals surface area contributed by atoms with Gasteiger partial charge in [-0.2, -0.15) is 13.2 Å². The summed E-state index contributed by atoms with van der Waals surface area (Å²) in [7, 11) is 3.83. The third kappa shape index (κ3) is 6.64. The molecule has 1 amide bonds. The van der Waals surface area contributed by atoms with Crippen LogP contribution in [0.5, 0.6) is 0 Å². The number of amides is 1. The number of likely N-dealkylation sites (N-methyl/N-ethyl adjacent to an activating group) is 1. The number of imidazole rings is 1. The Morgan fingerprint density at radius 2 is 1.71 bits per heavy atom. The van der Waals surface area contributed by atoms with Gasteiger partial charge in [0, 0.05) is 74.7 Å². The number of rotatable bonds is 7. The second-order valence-electron chi connectivity index (χ2n) is 11.2. The third-order valence-corrected chi connectivity index (χ3v) is 7.91. The van der Waals surface area contributed by atoms with E-state index < -0.39 is 17.6 Å². The van der Waals surface area contributed by atoms with Gasteiger partial charge in [0.05, 0.1) is 11.9 Å². The first-order valence-electron chi connectivity index (χ1n) is 14.4. The van der Waals surface area contributed by atoms with Crippen molar-refractivity contribution in [2.75, 3.05) is 43.9 Å². The maximum Gasteiger partial charge on any atom is 0.416 e. The summed E-state index contributed by atoms with van der Waals surface area (Å²) in [6.45, 7) is 5.07. The largest absolute Gasteiger partial charge is 0.416 e. The lowest BCUT2D eigenvalue weighted by molar-refractivity contribution is -0.138. The van der Waals surface area contributed by atoms with Gasteiger partial charge in [-0.3, -0.25) is 14.7 Å². The lowest BCUT2D eigenvalue weighted by atomic mass is 10.0. The van der Waals surface area contributed by atoms with Crippen LogP contribution in [0, 0.1) is 6.92 Å². The highest BCUT2D eigenvalue weighted by atomic mass is 19.4. The number of piperazine rings is 1. The minimum absolute atomic E-state index is 0.0672. The van der Waals surface area contributed by atoms with Crippen molar-refractivity contribution >= 4 is 34.3 Å². The number of hydrogen-bond donors (Lipinski definition) is 2. The predicted octanol–water partition coefficient (Wildman–Crippen LogP) is 5.50. The SMILES string of the molecule is Cc1ccc(C(=O)Nc2ccc(CN3CCN(C)CC3)c(C(F)(F)F)c2)cc1Nc1nc(-c2ccncc2)nc2c1ncn2C. The maximum atomic E-state index is 14.1. The van der Waals surface area contributed by atoms with Crippen molar-refractivity contribution in [3.05, 3.63) is 89.5 Å². The average molecular weight is 616 g/mol. The van der Waals surface area contributed by atoms with Crippen LogP contribution in [0.2, 0.25) is 0 Å². The summed E-state index contributed by atoms with van der Waals surface area (Å²) in [5, 5.41) is 5.94. The number of nitrogens with one attached hydrogen (secondary N) is 2. The molecule has 5 aromatic rings. The summed E-state index contributed by atoms with van der Waals surface area (Å²) in [6.07, 6.45) is 0.394. The standard InChI is InChI=1S/C32H32F3N9O/c1-20-4-5-22(16-26(20)39-29-27-30(43(3)19-37-27)41-28(40-29)21-8-10-36-11-9-21)31(45)38-24-7-6-23(25(17-24)32(33,34)35)18-44-14-12-42(2)13-15-44/h4-11,16-17,19H,12-15,18H2,1-3H3,(H,38,45)(H,39,40,41). The van der Waals surface area contributed by atoms with Gasteiger partial charge in [0.25, 0.3) is 5.91 Å². The monoisotopic (exact) mass is 615 g/mol. The van der Waals surface area contributed by atoms with Crippen molar-refractivity contribution < 1.29 is 18.0 Å². The Labute approximate surface area is 258 Å². The van der Waals surface area contributed by atoms with Crippen LogP contribution in [0.1, 0.15) is 27.0 Å². The minimum atomic E-state index is -4.56. The van der Waals surface area contributed by atoms with Crippen molar-refractivity contribution in [2.24, 2.45) is 7.05 Å². The van der Waals surface area contributed by atoms with Crippen LogP contribution in [0.4, 0.5) is 30.4 Å². The summed E-state index contributed by atoms with van der Waals surface area (Å²) < 4.78 is 44.1. The van der Waals surface area contributed by atoms with Crippen LogP contribution in [0.25, 0.3) is 22.6 Å². The molecular formula is C32H32F3N9O. The first kappa shape index (κ1) is 30.2. The van der Waals surface area contributed by atoms with E-state index in [1.807, 2.05) is 25.9 Å². The minimum Gasteiger partial charge on any atom is -0.338 e. The smallest absolute Gasteiger partial charge is 0.338 e. The maximum absolute atomic E-state index is 14.1. The molecule has 0 aliphatic carbocycles. The lowest BCUT2D eigenvalue weighted by Gasteiger charge is -2.33. The lowest BCUT2D eigenvalue weighted by Crippen LogP contribution is -2.44. The molecule has 1 aliphatic heterocycles. The number of pyridine rings is 1. The molecule has 0 saturated carbocycles. The fraction of sp³-hybridized carbons (Fsp3) is 0.281. The van der Waals surface area contributed by atoms with Gasteiger partial charge in [-0.05, 0) is 61.5 Å². The number of fused-ring (bicyclic) bond motifs is 1. The number of carbonyl (C=O) groups is 1. The van der Waals surface area contributed by atoms with E-state index in [9.17, 15) is 18.0 Å². The number of benzene rings is 2. The van der Waals surface area contributed by atoms with Gasteiger partial charge in [0.15, 0.2) is 22.8 Å². The molecule has 3 aromatic heterocycles. The number of aryl methyl sites for hydroxylation is 2. The first-order valence-corrected chi connectivity index (χ1v) is 14.4.